The zero-order valence-corrected chi connectivity index (χ0v) is 8.41. The van der Waals surface area contributed by atoms with E-state index in [1.807, 2.05) is 0 Å². The van der Waals surface area contributed by atoms with Crippen molar-refractivity contribution < 1.29 is 9.53 Å². The molecule has 0 saturated heterocycles. The van der Waals surface area contributed by atoms with Crippen LogP contribution in [0.5, 0.6) is 5.75 Å². The molecule has 1 aromatic rings. The lowest BCUT2D eigenvalue weighted by atomic mass is 10.2. The van der Waals surface area contributed by atoms with Gasteiger partial charge in [-0.15, -0.1) is 6.42 Å². The van der Waals surface area contributed by atoms with Gasteiger partial charge in [0.05, 0.1) is 24.9 Å². The van der Waals surface area contributed by atoms with E-state index in [0.717, 1.165) is 0 Å². The first-order valence-electron chi connectivity index (χ1n) is 4.34. The molecule has 1 amide bonds. The van der Waals surface area contributed by atoms with Crippen LogP contribution in [0.25, 0.3) is 0 Å². The maximum absolute atomic E-state index is 11.2. The molecule has 0 bridgehead atoms. The number of carbonyl (C=O) groups is 1. The summed E-state index contributed by atoms with van der Waals surface area (Å²) in [7, 11) is 1.54. The number of hydrogen-bond acceptors (Lipinski definition) is 3. The minimum absolute atomic E-state index is 0.0245. The first-order valence-corrected chi connectivity index (χ1v) is 4.34. The van der Waals surface area contributed by atoms with Crippen LogP contribution >= 0.6 is 0 Å². The fraction of sp³-hybridized carbons (Fsp3) is 0.182. The van der Waals surface area contributed by atoms with Crippen molar-refractivity contribution in [1.29, 1.82) is 0 Å². The fourth-order valence-corrected chi connectivity index (χ4v) is 1.06. The smallest absolute Gasteiger partial charge is 0.236 e. The van der Waals surface area contributed by atoms with Gasteiger partial charge < -0.3 is 15.8 Å². The third kappa shape index (κ3) is 2.92. The van der Waals surface area contributed by atoms with Gasteiger partial charge in [0.25, 0.3) is 0 Å². The molecule has 78 valence electrons. The highest BCUT2D eigenvalue weighted by molar-refractivity contribution is 5.95. The highest BCUT2D eigenvalue weighted by Crippen LogP contribution is 2.24. The molecular formula is C11H12N2O2. The molecule has 1 rings (SSSR count). The first-order chi connectivity index (χ1) is 7.17. The van der Waals surface area contributed by atoms with E-state index in [1.54, 1.807) is 25.3 Å². The number of methoxy groups -OCH3 is 1. The van der Waals surface area contributed by atoms with Crippen LogP contribution in [-0.2, 0) is 4.79 Å². The number of terminal acetylenes is 1. The number of rotatable bonds is 3. The normalized spacial score (nSPS) is 9.07. The molecule has 0 aliphatic carbocycles. The summed E-state index contributed by atoms with van der Waals surface area (Å²) in [5.41, 5.74) is 6.65. The lowest BCUT2D eigenvalue weighted by Gasteiger charge is -2.08. The fourth-order valence-electron chi connectivity index (χ4n) is 1.06. The number of nitrogens with one attached hydrogen (secondary N) is 1. The number of hydrogen-bond donors (Lipinski definition) is 2. The molecule has 3 N–H and O–H groups in total. The molecule has 0 saturated carbocycles. The third-order valence-corrected chi connectivity index (χ3v) is 1.80. The second-order valence-corrected chi connectivity index (χ2v) is 2.88. The van der Waals surface area contributed by atoms with Gasteiger partial charge in [0.2, 0.25) is 5.91 Å². The molecular weight excluding hydrogens is 192 g/mol. The van der Waals surface area contributed by atoms with Crippen LogP contribution in [0.3, 0.4) is 0 Å². The Balaban J connectivity index is 2.84. The Bertz CT molecular complexity index is 408. The van der Waals surface area contributed by atoms with E-state index < -0.39 is 0 Å². The van der Waals surface area contributed by atoms with Crippen molar-refractivity contribution in [3.05, 3.63) is 18.2 Å². The van der Waals surface area contributed by atoms with Crippen molar-refractivity contribution in [2.45, 2.75) is 6.42 Å². The van der Waals surface area contributed by atoms with Gasteiger partial charge in [0, 0.05) is 6.07 Å². The van der Waals surface area contributed by atoms with Crippen LogP contribution in [0.15, 0.2) is 18.2 Å². The second kappa shape index (κ2) is 4.91. The molecule has 4 heteroatoms. The van der Waals surface area contributed by atoms with Gasteiger partial charge in [-0.2, -0.15) is 0 Å². The van der Waals surface area contributed by atoms with Gasteiger partial charge in [0.15, 0.2) is 0 Å². The van der Waals surface area contributed by atoms with E-state index in [9.17, 15) is 4.79 Å². The minimum atomic E-state index is -0.266. The number of carbonyl (C=O) groups excluding carboxylic acids is 1. The molecule has 0 aromatic heterocycles. The predicted molar refractivity (Wildman–Crippen MR) is 59.5 cm³/mol. The van der Waals surface area contributed by atoms with Gasteiger partial charge >= 0.3 is 0 Å². The van der Waals surface area contributed by atoms with Gasteiger partial charge in [0.1, 0.15) is 5.75 Å². The molecule has 4 nitrogen and oxygen atoms in total. The zero-order chi connectivity index (χ0) is 11.3. The molecule has 0 spiro atoms. The minimum Gasteiger partial charge on any atom is -0.497 e. The Hall–Kier alpha value is -2.15. The van der Waals surface area contributed by atoms with Crippen molar-refractivity contribution in [3.63, 3.8) is 0 Å². The van der Waals surface area contributed by atoms with Crippen molar-refractivity contribution >= 4 is 17.3 Å². The summed E-state index contributed by atoms with van der Waals surface area (Å²) in [5, 5.41) is 2.60. The summed E-state index contributed by atoms with van der Waals surface area (Å²) in [5.74, 6) is 2.61. The summed E-state index contributed by atoms with van der Waals surface area (Å²) in [6, 6.07) is 5.01. The number of anilines is 2. The summed E-state index contributed by atoms with van der Waals surface area (Å²) < 4.78 is 5.00. The van der Waals surface area contributed by atoms with Crippen molar-refractivity contribution in [2.24, 2.45) is 0 Å². The van der Waals surface area contributed by atoms with Crippen LogP contribution in [0.1, 0.15) is 6.42 Å². The SMILES string of the molecule is C#CCC(=O)Nc1cc(OC)ccc1N. The Morgan fingerprint density at radius 3 is 3.00 bits per heavy atom. The average Bonchev–Trinajstić information content (AvgIpc) is 2.21. The summed E-state index contributed by atoms with van der Waals surface area (Å²) in [6.07, 6.45) is 5.03. The van der Waals surface area contributed by atoms with E-state index in [2.05, 4.69) is 11.2 Å². The van der Waals surface area contributed by atoms with Crippen LogP contribution in [0.2, 0.25) is 0 Å². The van der Waals surface area contributed by atoms with Crippen molar-refractivity contribution in [3.8, 4) is 18.1 Å². The topological polar surface area (TPSA) is 64.3 Å². The second-order valence-electron chi connectivity index (χ2n) is 2.88. The van der Waals surface area contributed by atoms with E-state index in [4.69, 9.17) is 16.9 Å². The molecule has 15 heavy (non-hydrogen) atoms. The number of benzene rings is 1. The standard InChI is InChI=1S/C11H12N2O2/c1-3-4-11(14)13-10-7-8(15-2)5-6-9(10)12/h1,5-7H,4,12H2,2H3,(H,13,14). The van der Waals surface area contributed by atoms with Crippen LogP contribution < -0.4 is 15.8 Å². The molecule has 0 fully saturated rings. The van der Waals surface area contributed by atoms with Crippen LogP contribution in [0.4, 0.5) is 11.4 Å². The average molecular weight is 204 g/mol. The van der Waals surface area contributed by atoms with E-state index >= 15 is 0 Å². The lowest BCUT2D eigenvalue weighted by Crippen LogP contribution is -2.11. The molecule has 0 unspecified atom stereocenters. The van der Waals surface area contributed by atoms with Gasteiger partial charge in [-0.05, 0) is 12.1 Å². The van der Waals surface area contributed by atoms with E-state index in [1.165, 1.54) is 0 Å². The highest BCUT2D eigenvalue weighted by atomic mass is 16.5. The number of amides is 1. The third-order valence-electron chi connectivity index (χ3n) is 1.80. The summed E-state index contributed by atoms with van der Waals surface area (Å²) >= 11 is 0. The van der Waals surface area contributed by atoms with Gasteiger partial charge in [-0.25, -0.2) is 0 Å². The maximum atomic E-state index is 11.2. The summed E-state index contributed by atoms with van der Waals surface area (Å²) in [4.78, 5) is 11.2. The maximum Gasteiger partial charge on any atom is 0.236 e. The lowest BCUT2D eigenvalue weighted by molar-refractivity contribution is -0.115. The largest absolute Gasteiger partial charge is 0.497 e. The van der Waals surface area contributed by atoms with Crippen molar-refractivity contribution in [2.75, 3.05) is 18.2 Å². The number of nitrogens with two attached hydrogens (primary N) is 1. The quantitative estimate of drug-likeness (QED) is 0.575. The van der Waals surface area contributed by atoms with Crippen LogP contribution in [-0.4, -0.2) is 13.0 Å². The monoisotopic (exact) mass is 204 g/mol. The molecule has 1 aromatic carbocycles. The Morgan fingerprint density at radius 2 is 2.40 bits per heavy atom. The van der Waals surface area contributed by atoms with Crippen LogP contribution in [0, 0.1) is 12.3 Å². The molecule has 0 aliphatic heterocycles. The Morgan fingerprint density at radius 1 is 1.67 bits per heavy atom. The number of ether oxygens (including phenoxy) is 1. The van der Waals surface area contributed by atoms with Crippen molar-refractivity contribution in [1.82, 2.24) is 0 Å². The van der Waals surface area contributed by atoms with Gasteiger partial charge in [-0.1, -0.05) is 5.92 Å². The Kier molecular flexibility index (Phi) is 3.58. The summed E-state index contributed by atoms with van der Waals surface area (Å²) in [6.45, 7) is 0. The Labute approximate surface area is 88.4 Å². The zero-order valence-electron chi connectivity index (χ0n) is 8.41. The van der Waals surface area contributed by atoms with Gasteiger partial charge in [-0.3, -0.25) is 4.79 Å². The molecule has 0 heterocycles. The van der Waals surface area contributed by atoms with E-state index in [-0.39, 0.29) is 12.3 Å². The highest BCUT2D eigenvalue weighted by Gasteiger charge is 2.05. The molecule has 0 radical (unpaired) electrons. The predicted octanol–water partition coefficient (Wildman–Crippen LogP) is 1.24. The number of nitrogen functional groups attached to an aromatic ring is 1. The van der Waals surface area contributed by atoms with E-state index in [0.29, 0.717) is 17.1 Å². The molecule has 0 atom stereocenters. The first kappa shape index (κ1) is 10.9. The molecule has 0 aliphatic rings.